The molecule has 3 aromatic carbocycles. The van der Waals surface area contributed by atoms with Gasteiger partial charge in [-0.3, -0.25) is 4.79 Å². The lowest BCUT2D eigenvalue weighted by Gasteiger charge is -2.08. The largest absolute Gasteiger partial charge is 0.481 e. The molecule has 0 atom stereocenters. The first-order valence-electron chi connectivity index (χ1n) is 8.03. The molecular weight excluding hydrogens is 332 g/mol. The molecule has 128 valence electrons. The van der Waals surface area contributed by atoms with E-state index in [0.717, 1.165) is 27.5 Å². The lowest BCUT2D eigenvalue weighted by molar-refractivity contribution is -0.136. The molecule has 0 saturated heterocycles. The van der Waals surface area contributed by atoms with E-state index in [-0.39, 0.29) is 17.5 Å². The van der Waals surface area contributed by atoms with Crippen molar-refractivity contribution < 1.29 is 24.2 Å². The molecule has 0 aliphatic rings. The number of benzene rings is 3. The number of aromatic carboxylic acids is 1. The summed E-state index contributed by atoms with van der Waals surface area (Å²) in [6.07, 6.45) is -0.356. The second kappa shape index (κ2) is 6.04. The van der Waals surface area contributed by atoms with Gasteiger partial charge in [0.2, 0.25) is 0 Å². The maximum Gasteiger partial charge on any atom is 0.335 e. The Balaban J connectivity index is 1.95. The number of aliphatic carboxylic acids is 1. The molecular formula is C21H14O5. The van der Waals surface area contributed by atoms with Gasteiger partial charge in [0.1, 0.15) is 11.2 Å². The Morgan fingerprint density at radius 3 is 2.42 bits per heavy atom. The molecule has 5 heteroatoms. The fourth-order valence-electron chi connectivity index (χ4n) is 3.25. The highest BCUT2D eigenvalue weighted by molar-refractivity contribution is 6.09. The first-order chi connectivity index (χ1) is 12.5. The van der Waals surface area contributed by atoms with Gasteiger partial charge in [0.05, 0.1) is 12.0 Å². The van der Waals surface area contributed by atoms with Gasteiger partial charge in [-0.05, 0) is 29.3 Å². The van der Waals surface area contributed by atoms with Gasteiger partial charge >= 0.3 is 11.9 Å². The van der Waals surface area contributed by atoms with Gasteiger partial charge in [-0.1, -0.05) is 42.5 Å². The molecule has 0 aliphatic heterocycles. The molecule has 26 heavy (non-hydrogen) atoms. The van der Waals surface area contributed by atoms with Crippen molar-refractivity contribution >= 4 is 33.9 Å². The molecule has 0 fully saturated rings. The van der Waals surface area contributed by atoms with Crippen LogP contribution in [-0.2, 0) is 11.2 Å². The van der Waals surface area contributed by atoms with Crippen molar-refractivity contribution in [2.75, 3.05) is 0 Å². The van der Waals surface area contributed by atoms with Gasteiger partial charge < -0.3 is 14.6 Å². The molecule has 1 heterocycles. The van der Waals surface area contributed by atoms with Crippen LogP contribution in [0.1, 0.15) is 15.9 Å². The Bertz CT molecular complexity index is 1170. The molecule has 4 aromatic rings. The molecule has 0 aliphatic carbocycles. The summed E-state index contributed by atoms with van der Waals surface area (Å²) in [5.74, 6) is -2.22. The molecule has 1 aromatic heterocycles. The highest BCUT2D eigenvalue weighted by atomic mass is 16.4. The van der Waals surface area contributed by atoms with Crippen LogP contribution in [0.25, 0.3) is 33.1 Å². The van der Waals surface area contributed by atoms with Crippen molar-refractivity contribution in [3.63, 3.8) is 0 Å². The standard InChI is InChI=1S/C21H14O5/c22-19(23)11-13-10-12(8-9-15(13)21(24)25)14-5-3-6-17-16-4-1-2-7-18(16)26-20(14)17/h1-10H,11H2,(H,22,23)(H,24,25). The van der Waals surface area contributed by atoms with Crippen molar-refractivity contribution in [3.8, 4) is 11.1 Å². The van der Waals surface area contributed by atoms with Crippen molar-refractivity contribution in [2.24, 2.45) is 0 Å². The zero-order chi connectivity index (χ0) is 18.3. The number of hydrogen-bond acceptors (Lipinski definition) is 3. The Morgan fingerprint density at radius 2 is 1.65 bits per heavy atom. The monoisotopic (exact) mass is 346 g/mol. The third-order valence-electron chi connectivity index (χ3n) is 4.39. The van der Waals surface area contributed by atoms with Crippen LogP contribution in [0.4, 0.5) is 0 Å². The van der Waals surface area contributed by atoms with E-state index in [0.29, 0.717) is 5.58 Å². The number of furan rings is 1. The summed E-state index contributed by atoms with van der Waals surface area (Å²) in [4.78, 5) is 22.5. The SMILES string of the molecule is O=C(O)Cc1cc(-c2cccc3c2oc2ccccc23)ccc1C(=O)O. The van der Waals surface area contributed by atoms with E-state index in [2.05, 4.69) is 0 Å². The number of hydrogen-bond donors (Lipinski definition) is 2. The molecule has 4 rings (SSSR count). The Labute approximate surface area is 148 Å². The minimum Gasteiger partial charge on any atom is -0.481 e. The van der Waals surface area contributed by atoms with E-state index in [4.69, 9.17) is 9.52 Å². The number of para-hydroxylation sites is 2. The zero-order valence-electron chi connectivity index (χ0n) is 13.6. The first kappa shape index (κ1) is 15.9. The first-order valence-corrected chi connectivity index (χ1v) is 8.03. The normalized spacial score (nSPS) is 11.1. The number of carboxylic acids is 2. The summed E-state index contributed by atoms with van der Waals surface area (Å²) >= 11 is 0. The fourth-order valence-corrected chi connectivity index (χ4v) is 3.25. The van der Waals surface area contributed by atoms with Gasteiger partial charge in [-0.2, -0.15) is 0 Å². The zero-order valence-corrected chi connectivity index (χ0v) is 13.6. The number of rotatable bonds is 4. The highest BCUT2D eigenvalue weighted by Crippen LogP contribution is 2.36. The minimum absolute atomic E-state index is 0.00655. The molecule has 0 unspecified atom stereocenters. The van der Waals surface area contributed by atoms with E-state index in [1.165, 1.54) is 6.07 Å². The Kier molecular flexibility index (Phi) is 3.69. The van der Waals surface area contributed by atoms with Crippen molar-refractivity contribution in [1.29, 1.82) is 0 Å². The lowest BCUT2D eigenvalue weighted by Crippen LogP contribution is -2.08. The summed E-state index contributed by atoms with van der Waals surface area (Å²) in [7, 11) is 0. The topological polar surface area (TPSA) is 87.7 Å². The second-order valence-electron chi connectivity index (χ2n) is 6.03. The second-order valence-corrected chi connectivity index (χ2v) is 6.03. The molecule has 0 spiro atoms. The number of fused-ring (bicyclic) bond motifs is 3. The van der Waals surface area contributed by atoms with Crippen LogP contribution in [0.3, 0.4) is 0 Å². The number of carboxylic acid groups (broad SMARTS) is 2. The summed E-state index contributed by atoms with van der Waals surface area (Å²) in [5.41, 5.74) is 3.22. The molecule has 2 N–H and O–H groups in total. The summed E-state index contributed by atoms with van der Waals surface area (Å²) < 4.78 is 6.00. The maximum atomic E-state index is 11.4. The summed E-state index contributed by atoms with van der Waals surface area (Å²) in [5, 5.41) is 20.3. The van der Waals surface area contributed by atoms with Crippen LogP contribution < -0.4 is 0 Å². The predicted octanol–water partition coefficient (Wildman–Crippen LogP) is 4.58. The van der Waals surface area contributed by atoms with Gasteiger partial charge in [0, 0.05) is 16.3 Å². The van der Waals surface area contributed by atoms with E-state index >= 15 is 0 Å². The molecule has 0 saturated carbocycles. The molecule has 0 radical (unpaired) electrons. The van der Waals surface area contributed by atoms with Crippen LogP contribution in [0.2, 0.25) is 0 Å². The highest BCUT2D eigenvalue weighted by Gasteiger charge is 2.16. The van der Waals surface area contributed by atoms with E-state index in [9.17, 15) is 14.7 Å². The predicted molar refractivity (Wildman–Crippen MR) is 97.5 cm³/mol. The average Bonchev–Trinajstić information content (AvgIpc) is 2.99. The lowest BCUT2D eigenvalue weighted by atomic mass is 9.96. The maximum absolute atomic E-state index is 11.4. The van der Waals surface area contributed by atoms with Crippen molar-refractivity contribution in [2.45, 2.75) is 6.42 Å². The Morgan fingerprint density at radius 1 is 0.885 bits per heavy atom. The Hall–Kier alpha value is -3.60. The fraction of sp³-hybridized carbons (Fsp3) is 0.0476. The van der Waals surface area contributed by atoms with Crippen LogP contribution in [0, 0.1) is 0 Å². The average molecular weight is 346 g/mol. The minimum atomic E-state index is -1.14. The smallest absolute Gasteiger partial charge is 0.335 e. The van der Waals surface area contributed by atoms with E-state index in [1.807, 2.05) is 42.5 Å². The van der Waals surface area contributed by atoms with Crippen LogP contribution in [-0.4, -0.2) is 22.2 Å². The van der Waals surface area contributed by atoms with Gasteiger partial charge in [0.15, 0.2) is 0 Å². The van der Waals surface area contributed by atoms with Gasteiger partial charge in [-0.25, -0.2) is 4.79 Å². The van der Waals surface area contributed by atoms with Crippen molar-refractivity contribution in [3.05, 3.63) is 71.8 Å². The quantitative estimate of drug-likeness (QED) is 0.565. The van der Waals surface area contributed by atoms with E-state index in [1.54, 1.807) is 12.1 Å². The molecule has 0 bridgehead atoms. The number of carbonyl (C=O) groups is 2. The van der Waals surface area contributed by atoms with Crippen LogP contribution in [0.5, 0.6) is 0 Å². The van der Waals surface area contributed by atoms with E-state index < -0.39 is 11.9 Å². The van der Waals surface area contributed by atoms with Crippen molar-refractivity contribution in [1.82, 2.24) is 0 Å². The van der Waals surface area contributed by atoms with Crippen LogP contribution >= 0.6 is 0 Å². The molecule has 0 amide bonds. The van der Waals surface area contributed by atoms with Crippen LogP contribution in [0.15, 0.2) is 65.1 Å². The molecule has 5 nitrogen and oxygen atoms in total. The summed E-state index contributed by atoms with van der Waals surface area (Å²) in [6.45, 7) is 0. The summed E-state index contributed by atoms with van der Waals surface area (Å²) in [6, 6.07) is 18.2. The van der Waals surface area contributed by atoms with Gasteiger partial charge in [0.25, 0.3) is 0 Å². The third-order valence-corrected chi connectivity index (χ3v) is 4.39. The van der Waals surface area contributed by atoms with Gasteiger partial charge in [-0.15, -0.1) is 0 Å². The third kappa shape index (κ3) is 2.59.